The minimum absolute atomic E-state index is 0.0483. The van der Waals surface area contributed by atoms with Gasteiger partial charge in [0.2, 0.25) is 0 Å². The minimum atomic E-state index is -0.616. The van der Waals surface area contributed by atoms with Crippen molar-refractivity contribution in [3.63, 3.8) is 0 Å². The van der Waals surface area contributed by atoms with Crippen molar-refractivity contribution < 1.29 is 9.72 Å². The Kier molecular flexibility index (Phi) is 5.01. The molecule has 8 heteroatoms. The van der Waals surface area contributed by atoms with Gasteiger partial charge in [-0.2, -0.15) is 10.5 Å². The van der Waals surface area contributed by atoms with Crippen LogP contribution >= 0.6 is 0 Å². The van der Waals surface area contributed by atoms with E-state index in [1.54, 1.807) is 19.2 Å². The molecule has 20 heavy (non-hydrogen) atoms. The Morgan fingerprint density at radius 1 is 1.40 bits per heavy atom. The van der Waals surface area contributed by atoms with Crippen LogP contribution in [0.1, 0.15) is 10.4 Å². The Morgan fingerprint density at radius 2 is 2.00 bits per heavy atom. The fourth-order valence-electron chi connectivity index (χ4n) is 1.58. The predicted molar refractivity (Wildman–Crippen MR) is 69.8 cm³/mol. The number of hydrogen-bond acceptors (Lipinski definition) is 6. The van der Waals surface area contributed by atoms with Gasteiger partial charge in [-0.3, -0.25) is 14.9 Å². The molecule has 0 bridgehead atoms. The number of amides is 1. The number of nitro benzene ring substituents is 1. The van der Waals surface area contributed by atoms with Crippen molar-refractivity contribution >= 4 is 17.3 Å². The molecule has 0 aliphatic carbocycles. The van der Waals surface area contributed by atoms with Gasteiger partial charge in [-0.1, -0.05) is 0 Å². The molecule has 0 saturated carbocycles. The summed E-state index contributed by atoms with van der Waals surface area (Å²) in [5, 5.41) is 30.8. The van der Waals surface area contributed by atoms with E-state index in [0.29, 0.717) is 5.69 Å². The van der Waals surface area contributed by atoms with Crippen molar-refractivity contribution in [3.8, 4) is 12.1 Å². The number of carbonyl (C=O) groups excluding carboxylic acids is 1. The van der Waals surface area contributed by atoms with Gasteiger partial charge in [0.1, 0.15) is 13.1 Å². The molecule has 1 aromatic rings. The second-order valence-electron chi connectivity index (χ2n) is 3.71. The number of nitriles is 2. The number of benzene rings is 1. The van der Waals surface area contributed by atoms with E-state index in [2.05, 4.69) is 5.32 Å². The van der Waals surface area contributed by atoms with Crippen molar-refractivity contribution in [2.45, 2.75) is 0 Å². The molecule has 8 nitrogen and oxygen atoms in total. The molecule has 0 heterocycles. The Labute approximate surface area is 115 Å². The summed E-state index contributed by atoms with van der Waals surface area (Å²) in [6.45, 7) is -0.531. The second kappa shape index (κ2) is 6.71. The highest BCUT2D eigenvalue weighted by atomic mass is 16.6. The van der Waals surface area contributed by atoms with Crippen molar-refractivity contribution in [2.75, 3.05) is 25.5 Å². The van der Waals surface area contributed by atoms with Gasteiger partial charge in [0, 0.05) is 24.9 Å². The molecule has 0 aliphatic heterocycles. The van der Waals surface area contributed by atoms with E-state index in [1.165, 1.54) is 12.1 Å². The van der Waals surface area contributed by atoms with Gasteiger partial charge in [0.05, 0.1) is 22.6 Å². The van der Waals surface area contributed by atoms with Crippen LogP contribution in [0.2, 0.25) is 0 Å². The normalized spacial score (nSPS) is 9.15. The summed E-state index contributed by atoms with van der Waals surface area (Å²) in [5.41, 5.74) is 0.204. The fraction of sp³-hybridized carbons (Fsp3) is 0.250. The summed E-state index contributed by atoms with van der Waals surface area (Å²) in [6, 6.07) is 7.35. The van der Waals surface area contributed by atoms with E-state index in [1.807, 2.05) is 0 Å². The number of non-ortho nitro benzene ring substituents is 1. The van der Waals surface area contributed by atoms with Crippen LogP contribution in [0.4, 0.5) is 11.4 Å². The van der Waals surface area contributed by atoms with Crippen LogP contribution in [-0.4, -0.2) is 35.9 Å². The SMILES string of the molecule is CNc1ccc([N+](=O)[O-])cc1C(=O)N(CC#N)CC#N. The number of carbonyl (C=O) groups is 1. The van der Waals surface area contributed by atoms with Gasteiger partial charge in [0.15, 0.2) is 0 Å². The molecule has 0 aromatic heterocycles. The zero-order chi connectivity index (χ0) is 15.1. The summed E-state index contributed by atoms with van der Waals surface area (Å²) in [4.78, 5) is 23.4. The van der Waals surface area contributed by atoms with Gasteiger partial charge in [-0.05, 0) is 6.07 Å². The highest BCUT2D eigenvalue weighted by Gasteiger charge is 2.21. The molecule has 1 rings (SSSR count). The van der Waals surface area contributed by atoms with E-state index in [0.717, 1.165) is 11.0 Å². The second-order valence-corrected chi connectivity index (χ2v) is 3.71. The van der Waals surface area contributed by atoms with Crippen molar-refractivity contribution in [3.05, 3.63) is 33.9 Å². The van der Waals surface area contributed by atoms with Crippen LogP contribution in [0.3, 0.4) is 0 Å². The first-order valence-electron chi connectivity index (χ1n) is 5.54. The third-order valence-corrected chi connectivity index (χ3v) is 2.52. The van der Waals surface area contributed by atoms with Crippen LogP contribution in [-0.2, 0) is 0 Å². The molecule has 0 saturated heterocycles. The number of anilines is 1. The van der Waals surface area contributed by atoms with E-state index in [4.69, 9.17) is 10.5 Å². The maximum atomic E-state index is 12.2. The van der Waals surface area contributed by atoms with Crippen LogP contribution < -0.4 is 5.32 Å². The predicted octanol–water partition coefficient (Wildman–Crippen LogP) is 1.13. The van der Waals surface area contributed by atoms with Crippen molar-refractivity contribution in [1.29, 1.82) is 10.5 Å². The van der Waals surface area contributed by atoms with Gasteiger partial charge < -0.3 is 10.2 Å². The molecule has 0 spiro atoms. The summed E-state index contributed by atoms with van der Waals surface area (Å²) in [6.07, 6.45) is 0. The first kappa shape index (κ1) is 14.9. The van der Waals surface area contributed by atoms with E-state index in [-0.39, 0.29) is 24.3 Å². The molecular weight excluding hydrogens is 262 g/mol. The summed E-state index contributed by atoms with van der Waals surface area (Å²) in [7, 11) is 1.57. The number of hydrogen-bond donors (Lipinski definition) is 1. The van der Waals surface area contributed by atoms with Crippen molar-refractivity contribution in [2.24, 2.45) is 0 Å². The third kappa shape index (κ3) is 3.21. The maximum absolute atomic E-state index is 12.2. The summed E-state index contributed by atoms with van der Waals surface area (Å²) >= 11 is 0. The lowest BCUT2D eigenvalue weighted by Crippen LogP contribution is -2.32. The zero-order valence-electron chi connectivity index (χ0n) is 10.7. The molecule has 1 aromatic carbocycles. The van der Waals surface area contributed by atoms with Crippen LogP contribution in [0.5, 0.6) is 0 Å². The molecule has 102 valence electrons. The zero-order valence-corrected chi connectivity index (χ0v) is 10.7. The van der Waals surface area contributed by atoms with Gasteiger partial charge >= 0.3 is 0 Å². The molecule has 0 atom stereocenters. The number of rotatable bonds is 5. The average molecular weight is 273 g/mol. The molecular formula is C12H11N5O3. The van der Waals surface area contributed by atoms with Gasteiger partial charge in [-0.25, -0.2) is 0 Å². The Bertz CT molecular complexity index is 598. The monoisotopic (exact) mass is 273 g/mol. The lowest BCUT2D eigenvalue weighted by Gasteiger charge is -2.17. The number of nitrogens with zero attached hydrogens (tertiary/aromatic N) is 4. The topological polar surface area (TPSA) is 123 Å². The van der Waals surface area contributed by atoms with Crippen LogP contribution in [0.15, 0.2) is 18.2 Å². The molecule has 1 amide bonds. The van der Waals surface area contributed by atoms with Crippen LogP contribution in [0.25, 0.3) is 0 Å². The third-order valence-electron chi connectivity index (χ3n) is 2.52. The highest BCUT2D eigenvalue weighted by molar-refractivity contribution is 6.00. The Morgan fingerprint density at radius 3 is 2.45 bits per heavy atom. The largest absolute Gasteiger partial charge is 0.387 e. The highest BCUT2D eigenvalue weighted by Crippen LogP contribution is 2.23. The first-order valence-corrected chi connectivity index (χ1v) is 5.54. The average Bonchev–Trinajstić information content (AvgIpc) is 2.45. The van der Waals surface area contributed by atoms with E-state index in [9.17, 15) is 14.9 Å². The molecule has 0 aliphatic rings. The standard InChI is InChI=1S/C12H11N5O3/c1-15-11-3-2-9(17(19)20)8-10(11)12(18)16(6-4-13)7-5-14/h2-3,8,15H,6-7H2,1H3. The van der Waals surface area contributed by atoms with E-state index >= 15 is 0 Å². The van der Waals surface area contributed by atoms with Gasteiger partial charge in [-0.15, -0.1) is 0 Å². The Hall–Kier alpha value is -3.13. The Balaban J connectivity index is 3.25. The molecule has 0 radical (unpaired) electrons. The molecule has 1 N–H and O–H groups in total. The quantitative estimate of drug-likeness (QED) is 0.487. The maximum Gasteiger partial charge on any atom is 0.270 e. The summed E-state index contributed by atoms with van der Waals surface area (Å²) < 4.78 is 0. The number of nitrogens with one attached hydrogen (secondary N) is 1. The lowest BCUT2D eigenvalue weighted by molar-refractivity contribution is -0.384. The minimum Gasteiger partial charge on any atom is -0.387 e. The lowest BCUT2D eigenvalue weighted by atomic mass is 10.1. The smallest absolute Gasteiger partial charge is 0.270 e. The van der Waals surface area contributed by atoms with Crippen molar-refractivity contribution in [1.82, 2.24) is 4.90 Å². The first-order chi connectivity index (χ1) is 9.54. The fourth-order valence-corrected chi connectivity index (χ4v) is 1.58. The van der Waals surface area contributed by atoms with Gasteiger partial charge in [0.25, 0.3) is 11.6 Å². The molecule has 0 unspecified atom stereocenters. The van der Waals surface area contributed by atoms with E-state index < -0.39 is 10.8 Å². The molecule has 0 fully saturated rings. The number of nitro groups is 1. The van der Waals surface area contributed by atoms with Crippen LogP contribution in [0, 0.1) is 32.8 Å². The summed E-state index contributed by atoms with van der Waals surface area (Å²) in [5.74, 6) is -0.610.